The van der Waals surface area contributed by atoms with E-state index in [0.717, 1.165) is 13.1 Å². The van der Waals surface area contributed by atoms with Crippen molar-refractivity contribution in [3.63, 3.8) is 0 Å². The van der Waals surface area contributed by atoms with Crippen molar-refractivity contribution in [1.82, 2.24) is 9.74 Å². The summed E-state index contributed by atoms with van der Waals surface area (Å²) in [5.74, 6) is 0.177. The summed E-state index contributed by atoms with van der Waals surface area (Å²) in [5.41, 5.74) is 2.25. The lowest BCUT2D eigenvalue weighted by molar-refractivity contribution is 0.263. The Morgan fingerprint density at radius 2 is 1.48 bits per heavy atom. The van der Waals surface area contributed by atoms with Crippen LogP contribution in [0.25, 0.3) is 0 Å². The minimum atomic E-state index is -0.245. The summed E-state index contributed by atoms with van der Waals surface area (Å²) >= 11 is 12.8. The van der Waals surface area contributed by atoms with Crippen molar-refractivity contribution in [2.24, 2.45) is 0 Å². The molecule has 1 N–H and O–H groups in total. The van der Waals surface area contributed by atoms with Gasteiger partial charge in [0.2, 0.25) is 0 Å². The van der Waals surface area contributed by atoms with Crippen molar-refractivity contribution in [3.8, 4) is 0 Å². The van der Waals surface area contributed by atoms with Crippen LogP contribution in [-0.4, -0.2) is 29.1 Å². The predicted octanol–water partition coefficient (Wildman–Crippen LogP) is 3.81. The molecule has 0 radical (unpaired) electrons. The van der Waals surface area contributed by atoms with Gasteiger partial charge in [-0.15, -0.1) is 11.6 Å². The second-order valence-electron chi connectivity index (χ2n) is 5.27. The summed E-state index contributed by atoms with van der Waals surface area (Å²) in [5, 5.41) is 3.54. The molecule has 0 aromatic heterocycles. The maximum atomic E-state index is 6.56. The minimum absolute atomic E-state index is 0.0720. The Labute approximate surface area is 135 Å². The average molecular weight is 321 g/mol. The molecule has 1 heterocycles. The number of halogens is 2. The van der Waals surface area contributed by atoms with E-state index in [2.05, 4.69) is 53.8 Å². The molecule has 0 spiro atoms. The summed E-state index contributed by atoms with van der Waals surface area (Å²) in [6.45, 7) is 1.59. The number of nitrogens with one attached hydrogen (secondary N) is 1. The maximum Gasteiger partial charge on any atom is 0.115 e. The first kappa shape index (κ1) is 14.9. The molecule has 110 valence electrons. The standard InChI is InChI=1S/C17H18Cl2N2/c18-17-16(20-11-12-21(17)19)15(13-7-3-1-4-8-13)14-9-5-2-6-10-14/h1-10,15-17,20H,11-12H2. The van der Waals surface area contributed by atoms with Crippen LogP contribution in [0.1, 0.15) is 17.0 Å². The molecule has 0 saturated carbocycles. The van der Waals surface area contributed by atoms with Crippen LogP contribution in [0.5, 0.6) is 0 Å². The lowest BCUT2D eigenvalue weighted by Gasteiger charge is -2.39. The van der Waals surface area contributed by atoms with E-state index in [1.807, 2.05) is 12.1 Å². The van der Waals surface area contributed by atoms with E-state index in [9.17, 15) is 0 Å². The Hall–Kier alpha value is -1.06. The van der Waals surface area contributed by atoms with E-state index in [1.54, 1.807) is 4.42 Å². The Bertz CT molecular complexity index is 522. The van der Waals surface area contributed by atoms with Gasteiger partial charge < -0.3 is 5.32 Å². The molecule has 2 unspecified atom stereocenters. The van der Waals surface area contributed by atoms with Crippen LogP contribution < -0.4 is 5.32 Å². The molecular formula is C17H18Cl2N2. The second kappa shape index (κ2) is 6.80. The fourth-order valence-electron chi connectivity index (χ4n) is 2.94. The third-order valence-corrected chi connectivity index (χ3v) is 4.93. The zero-order valence-corrected chi connectivity index (χ0v) is 13.1. The van der Waals surface area contributed by atoms with Crippen molar-refractivity contribution in [2.45, 2.75) is 17.5 Å². The van der Waals surface area contributed by atoms with E-state index < -0.39 is 0 Å². The summed E-state index contributed by atoms with van der Waals surface area (Å²) in [7, 11) is 0. The Morgan fingerprint density at radius 3 is 2.00 bits per heavy atom. The first-order valence-electron chi connectivity index (χ1n) is 7.17. The second-order valence-corrected chi connectivity index (χ2v) is 6.16. The summed E-state index contributed by atoms with van der Waals surface area (Å²) in [6, 6.07) is 21.0. The SMILES string of the molecule is ClC1C(C(c2ccccc2)c2ccccc2)NCCN1Cl. The lowest BCUT2D eigenvalue weighted by Crippen LogP contribution is -2.54. The highest BCUT2D eigenvalue weighted by Gasteiger charge is 2.36. The zero-order valence-electron chi connectivity index (χ0n) is 11.6. The average Bonchev–Trinajstić information content (AvgIpc) is 2.54. The predicted molar refractivity (Wildman–Crippen MR) is 88.7 cm³/mol. The highest BCUT2D eigenvalue weighted by Crippen LogP contribution is 2.33. The normalized spacial score (nSPS) is 23.4. The van der Waals surface area contributed by atoms with Crippen LogP contribution in [-0.2, 0) is 0 Å². The van der Waals surface area contributed by atoms with Gasteiger partial charge >= 0.3 is 0 Å². The van der Waals surface area contributed by atoms with E-state index in [-0.39, 0.29) is 17.5 Å². The van der Waals surface area contributed by atoms with Crippen LogP contribution in [0, 0.1) is 0 Å². The van der Waals surface area contributed by atoms with Gasteiger partial charge in [-0.3, -0.25) is 0 Å². The van der Waals surface area contributed by atoms with Crippen LogP contribution in [0.3, 0.4) is 0 Å². The number of piperazine rings is 1. The number of hydrogen-bond acceptors (Lipinski definition) is 2. The number of benzene rings is 2. The van der Waals surface area contributed by atoms with Crippen molar-refractivity contribution in [3.05, 3.63) is 71.8 Å². The van der Waals surface area contributed by atoms with Gasteiger partial charge in [0.25, 0.3) is 0 Å². The van der Waals surface area contributed by atoms with E-state index in [4.69, 9.17) is 23.4 Å². The minimum Gasteiger partial charge on any atom is -0.309 e. The third kappa shape index (κ3) is 3.24. The lowest BCUT2D eigenvalue weighted by atomic mass is 9.84. The summed E-state index contributed by atoms with van der Waals surface area (Å²) in [4.78, 5) is 0. The molecule has 3 rings (SSSR count). The molecule has 2 aromatic carbocycles. The number of hydrogen-bond donors (Lipinski definition) is 1. The third-order valence-electron chi connectivity index (χ3n) is 3.95. The van der Waals surface area contributed by atoms with Crippen molar-refractivity contribution in [2.75, 3.05) is 13.1 Å². The van der Waals surface area contributed by atoms with E-state index in [0.29, 0.717) is 0 Å². The van der Waals surface area contributed by atoms with Crippen LogP contribution in [0.15, 0.2) is 60.7 Å². The van der Waals surface area contributed by atoms with Crippen molar-refractivity contribution in [1.29, 1.82) is 0 Å². The van der Waals surface area contributed by atoms with E-state index in [1.165, 1.54) is 11.1 Å². The molecular weight excluding hydrogens is 303 g/mol. The molecule has 0 aliphatic carbocycles. The van der Waals surface area contributed by atoms with Gasteiger partial charge in [0.1, 0.15) is 5.50 Å². The number of nitrogens with zero attached hydrogens (tertiary/aromatic N) is 1. The molecule has 1 saturated heterocycles. The summed E-state index contributed by atoms with van der Waals surface area (Å²) < 4.78 is 1.70. The van der Waals surface area contributed by atoms with Crippen molar-refractivity contribution < 1.29 is 0 Å². The Kier molecular flexibility index (Phi) is 4.81. The van der Waals surface area contributed by atoms with E-state index >= 15 is 0 Å². The number of alkyl halides is 1. The number of rotatable bonds is 3. The molecule has 0 bridgehead atoms. The molecule has 0 amide bonds. The molecule has 2 nitrogen and oxygen atoms in total. The largest absolute Gasteiger partial charge is 0.309 e. The molecule has 2 aromatic rings. The molecule has 2 atom stereocenters. The fourth-order valence-corrected chi connectivity index (χ4v) is 3.48. The molecule has 1 aliphatic heterocycles. The van der Waals surface area contributed by atoms with Gasteiger partial charge in [-0.25, -0.2) is 0 Å². The molecule has 1 fully saturated rings. The van der Waals surface area contributed by atoms with Crippen LogP contribution in [0.4, 0.5) is 0 Å². The maximum absolute atomic E-state index is 6.56. The van der Waals surface area contributed by atoms with Crippen LogP contribution in [0.2, 0.25) is 0 Å². The molecule has 4 heteroatoms. The fraction of sp³-hybridized carbons (Fsp3) is 0.294. The zero-order chi connectivity index (χ0) is 14.7. The topological polar surface area (TPSA) is 15.3 Å². The quantitative estimate of drug-likeness (QED) is 0.525. The van der Waals surface area contributed by atoms with Crippen LogP contribution >= 0.6 is 23.4 Å². The first-order chi connectivity index (χ1) is 10.3. The van der Waals surface area contributed by atoms with Crippen molar-refractivity contribution >= 4 is 23.4 Å². The smallest absolute Gasteiger partial charge is 0.115 e. The highest BCUT2D eigenvalue weighted by atomic mass is 35.5. The first-order valence-corrected chi connectivity index (χ1v) is 7.94. The van der Waals surface area contributed by atoms with Gasteiger partial charge in [0.15, 0.2) is 0 Å². The Morgan fingerprint density at radius 1 is 0.952 bits per heavy atom. The molecule has 21 heavy (non-hydrogen) atoms. The van der Waals surface area contributed by atoms with Gasteiger partial charge in [-0.2, -0.15) is 4.42 Å². The Balaban J connectivity index is 2.00. The molecule has 1 aliphatic rings. The van der Waals surface area contributed by atoms with Gasteiger partial charge in [0.05, 0.1) is 0 Å². The van der Waals surface area contributed by atoms with Gasteiger partial charge in [-0.1, -0.05) is 60.7 Å². The summed E-state index contributed by atoms with van der Waals surface area (Å²) in [6.07, 6.45) is 0. The highest BCUT2D eigenvalue weighted by molar-refractivity contribution is 6.25. The monoisotopic (exact) mass is 320 g/mol. The van der Waals surface area contributed by atoms with Gasteiger partial charge in [0, 0.05) is 25.0 Å². The van der Waals surface area contributed by atoms with Gasteiger partial charge in [-0.05, 0) is 22.9 Å².